The van der Waals surface area contributed by atoms with Gasteiger partial charge in [-0.15, -0.1) is 0 Å². The Balaban J connectivity index is 1.56. The van der Waals surface area contributed by atoms with Crippen LogP contribution in [-0.2, 0) is 6.42 Å². The number of benzene rings is 1. The van der Waals surface area contributed by atoms with Crippen LogP contribution in [0.1, 0.15) is 75.0 Å². The minimum atomic E-state index is 0.168. The van der Waals surface area contributed by atoms with Gasteiger partial charge in [0.05, 0.1) is 0 Å². The number of rotatable bonds is 4. The van der Waals surface area contributed by atoms with Crippen LogP contribution in [-0.4, -0.2) is 56.7 Å². The van der Waals surface area contributed by atoms with Crippen molar-refractivity contribution in [3.63, 3.8) is 0 Å². The molecule has 5 heteroatoms. The molecule has 31 heavy (non-hydrogen) atoms. The van der Waals surface area contributed by atoms with Gasteiger partial charge in [0.1, 0.15) is 5.69 Å². The Morgan fingerprint density at radius 1 is 1.13 bits per heavy atom. The van der Waals surface area contributed by atoms with Crippen molar-refractivity contribution >= 4 is 5.91 Å². The zero-order chi connectivity index (χ0) is 21.8. The molecular formula is C26H36N4O. The molecular weight excluding hydrogens is 384 g/mol. The quantitative estimate of drug-likeness (QED) is 0.728. The van der Waals surface area contributed by atoms with Crippen molar-refractivity contribution in [3.8, 4) is 0 Å². The van der Waals surface area contributed by atoms with Gasteiger partial charge in [0, 0.05) is 41.8 Å². The molecule has 0 spiro atoms. The fourth-order valence-electron chi connectivity index (χ4n) is 7.01. The lowest BCUT2D eigenvalue weighted by Gasteiger charge is -2.49. The molecule has 1 aromatic heterocycles. The molecule has 0 unspecified atom stereocenters. The van der Waals surface area contributed by atoms with Crippen LogP contribution >= 0.6 is 0 Å². The van der Waals surface area contributed by atoms with Crippen LogP contribution < -0.4 is 0 Å². The Hall–Kier alpha value is -2.14. The summed E-state index contributed by atoms with van der Waals surface area (Å²) in [7, 11) is 2.32. The molecule has 3 aliphatic rings. The fraction of sp³-hybridized carbons (Fsp3) is 0.615. The first-order chi connectivity index (χ1) is 14.9. The molecule has 3 heterocycles. The van der Waals surface area contributed by atoms with Crippen molar-refractivity contribution in [1.82, 2.24) is 19.6 Å². The predicted molar refractivity (Wildman–Crippen MR) is 123 cm³/mol. The van der Waals surface area contributed by atoms with Crippen LogP contribution in [0.3, 0.4) is 0 Å². The number of hydrogen-bond acceptors (Lipinski definition) is 3. The van der Waals surface area contributed by atoms with Gasteiger partial charge in [-0.2, -0.15) is 5.10 Å². The maximum atomic E-state index is 14.1. The molecule has 166 valence electrons. The van der Waals surface area contributed by atoms with Crippen LogP contribution in [0.4, 0.5) is 0 Å². The highest BCUT2D eigenvalue weighted by atomic mass is 16.2. The van der Waals surface area contributed by atoms with E-state index >= 15 is 0 Å². The number of fused-ring (bicyclic) bond motifs is 1. The van der Waals surface area contributed by atoms with E-state index in [4.69, 9.17) is 0 Å². The van der Waals surface area contributed by atoms with Crippen LogP contribution in [0.15, 0.2) is 42.6 Å². The number of hydrogen-bond donors (Lipinski definition) is 0. The first-order valence-electron chi connectivity index (χ1n) is 12.0. The van der Waals surface area contributed by atoms with Gasteiger partial charge in [-0.05, 0) is 58.2 Å². The molecule has 0 radical (unpaired) electrons. The highest BCUT2D eigenvalue weighted by Crippen LogP contribution is 2.55. The molecule has 3 fully saturated rings. The van der Waals surface area contributed by atoms with Crippen molar-refractivity contribution < 1.29 is 4.79 Å². The average molecular weight is 421 g/mol. The van der Waals surface area contributed by atoms with Crippen molar-refractivity contribution in [2.75, 3.05) is 7.05 Å². The van der Waals surface area contributed by atoms with Gasteiger partial charge in [0.2, 0.25) is 0 Å². The minimum absolute atomic E-state index is 0.168. The van der Waals surface area contributed by atoms with E-state index < -0.39 is 0 Å². The standard InChI is InChI=1S/C26H36N4O/c1-18(2)30-20(14-15-27-30)25(31)29-22-17-26(3)23(12-8-9-13-24(26)29)28(4)21(22)16-19-10-6-5-7-11-19/h5-7,10-11,14-15,18,21-24H,8-9,12-13,16-17H2,1-4H3/t21-,22-,23+,24-,26+/m0/s1. The predicted octanol–water partition coefficient (Wildman–Crippen LogP) is 4.55. The number of carbonyl (C=O) groups excluding carboxylic acids is 1. The summed E-state index contributed by atoms with van der Waals surface area (Å²) in [6.07, 6.45) is 8.73. The van der Waals surface area contributed by atoms with Gasteiger partial charge in [-0.1, -0.05) is 50.1 Å². The van der Waals surface area contributed by atoms with Gasteiger partial charge < -0.3 is 4.90 Å². The van der Waals surface area contributed by atoms with Crippen molar-refractivity contribution in [3.05, 3.63) is 53.9 Å². The summed E-state index contributed by atoms with van der Waals surface area (Å²) >= 11 is 0. The summed E-state index contributed by atoms with van der Waals surface area (Å²) in [6.45, 7) is 6.66. The number of carbonyl (C=O) groups is 1. The second kappa shape index (κ2) is 7.77. The van der Waals surface area contributed by atoms with Gasteiger partial charge in [-0.3, -0.25) is 14.4 Å². The van der Waals surface area contributed by atoms with Crippen LogP contribution in [0, 0.1) is 5.41 Å². The molecule has 2 bridgehead atoms. The second-order valence-electron chi connectivity index (χ2n) is 10.5. The molecule has 2 aliphatic heterocycles. The molecule has 1 saturated carbocycles. The molecule has 2 aromatic rings. The third kappa shape index (κ3) is 3.24. The number of likely N-dealkylation sites (tertiary alicyclic amines) is 2. The summed E-state index contributed by atoms with van der Waals surface area (Å²) in [5.74, 6) is 0.180. The van der Waals surface area contributed by atoms with Crippen LogP contribution in [0.5, 0.6) is 0 Å². The zero-order valence-corrected chi connectivity index (χ0v) is 19.4. The number of amides is 1. The highest BCUT2D eigenvalue weighted by molar-refractivity contribution is 5.93. The lowest BCUT2D eigenvalue weighted by Crippen LogP contribution is -2.58. The Bertz CT molecular complexity index is 938. The lowest BCUT2D eigenvalue weighted by molar-refractivity contribution is 0.0155. The topological polar surface area (TPSA) is 41.4 Å². The first kappa shape index (κ1) is 20.7. The van der Waals surface area contributed by atoms with E-state index in [9.17, 15) is 4.79 Å². The molecule has 5 rings (SSSR count). The lowest BCUT2D eigenvalue weighted by atomic mass is 9.69. The van der Waals surface area contributed by atoms with Crippen molar-refractivity contribution in [2.24, 2.45) is 5.41 Å². The van der Waals surface area contributed by atoms with Gasteiger partial charge in [0.15, 0.2) is 0 Å². The summed E-state index contributed by atoms with van der Waals surface area (Å²) in [5, 5.41) is 4.47. The smallest absolute Gasteiger partial charge is 0.272 e. The summed E-state index contributed by atoms with van der Waals surface area (Å²) in [6, 6.07) is 14.3. The molecule has 1 aliphatic carbocycles. The Labute approximate surface area is 186 Å². The average Bonchev–Trinajstić information content (AvgIpc) is 3.30. The number of piperidine rings is 1. The van der Waals surface area contributed by atoms with E-state index in [1.54, 1.807) is 6.20 Å². The molecule has 5 atom stereocenters. The normalized spacial score (nSPS) is 33.0. The molecule has 1 amide bonds. The second-order valence-corrected chi connectivity index (χ2v) is 10.5. The van der Waals surface area contributed by atoms with E-state index in [1.807, 2.05) is 10.7 Å². The Morgan fingerprint density at radius 2 is 1.84 bits per heavy atom. The minimum Gasteiger partial charge on any atom is -0.329 e. The molecule has 0 N–H and O–H groups in total. The fourth-order valence-corrected chi connectivity index (χ4v) is 7.01. The van der Waals surface area contributed by atoms with E-state index in [-0.39, 0.29) is 23.4 Å². The SMILES string of the molecule is CC(C)n1nccc1C(=O)N1[C@H]2CCCC[C@H]3N(C)[C@@H](Cc4ccccc4)[C@@H]1C[C@@]23C. The van der Waals surface area contributed by atoms with Crippen LogP contribution in [0.2, 0.25) is 0 Å². The maximum Gasteiger partial charge on any atom is 0.272 e. The van der Waals surface area contributed by atoms with Gasteiger partial charge in [0.25, 0.3) is 5.91 Å². The van der Waals surface area contributed by atoms with Crippen LogP contribution in [0.25, 0.3) is 0 Å². The summed E-state index contributed by atoms with van der Waals surface area (Å²) in [5.41, 5.74) is 2.27. The number of aromatic nitrogens is 2. The zero-order valence-electron chi connectivity index (χ0n) is 19.4. The van der Waals surface area contributed by atoms with E-state index in [1.165, 1.54) is 24.8 Å². The van der Waals surface area contributed by atoms with E-state index in [0.717, 1.165) is 25.0 Å². The highest BCUT2D eigenvalue weighted by Gasteiger charge is 2.62. The number of likely N-dealkylation sites (N-methyl/N-ethyl adjacent to an activating group) is 1. The molecule has 2 saturated heterocycles. The maximum absolute atomic E-state index is 14.1. The molecule has 1 aromatic carbocycles. The third-order valence-electron chi connectivity index (χ3n) is 8.43. The third-order valence-corrected chi connectivity index (χ3v) is 8.43. The summed E-state index contributed by atoms with van der Waals surface area (Å²) < 4.78 is 1.90. The van der Waals surface area contributed by atoms with Gasteiger partial charge >= 0.3 is 0 Å². The van der Waals surface area contributed by atoms with Gasteiger partial charge in [-0.25, -0.2) is 0 Å². The van der Waals surface area contributed by atoms with E-state index in [2.05, 4.69) is 73.0 Å². The van der Waals surface area contributed by atoms with E-state index in [0.29, 0.717) is 18.1 Å². The van der Waals surface area contributed by atoms with Crippen molar-refractivity contribution in [1.29, 1.82) is 0 Å². The molecule has 5 nitrogen and oxygen atoms in total. The van der Waals surface area contributed by atoms with Crippen molar-refractivity contribution in [2.45, 2.75) is 89.5 Å². The Kier molecular flexibility index (Phi) is 5.20. The number of nitrogens with zero attached hydrogens (tertiary/aromatic N) is 4. The largest absolute Gasteiger partial charge is 0.329 e. The monoisotopic (exact) mass is 420 g/mol. The first-order valence-corrected chi connectivity index (χ1v) is 12.0. The Morgan fingerprint density at radius 3 is 2.55 bits per heavy atom. The summed E-state index contributed by atoms with van der Waals surface area (Å²) in [4.78, 5) is 19.0.